The Kier molecular flexibility index (Phi) is 6.21. The Morgan fingerprint density at radius 3 is 2.61 bits per heavy atom. The van der Waals surface area contributed by atoms with Gasteiger partial charge in [0.05, 0.1) is 6.61 Å². The van der Waals surface area contributed by atoms with E-state index in [0.717, 1.165) is 29.7 Å². The summed E-state index contributed by atoms with van der Waals surface area (Å²) in [6, 6.07) is 17.2. The monoisotopic (exact) mass is 417 g/mol. The van der Waals surface area contributed by atoms with Gasteiger partial charge in [-0.15, -0.1) is 0 Å². The second-order valence-corrected chi connectivity index (χ2v) is 7.84. The minimum atomic E-state index is -0.717. The van der Waals surface area contributed by atoms with Crippen LogP contribution in [0.1, 0.15) is 43.2 Å². The van der Waals surface area contributed by atoms with Crippen molar-refractivity contribution in [2.24, 2.45) is 5.92 Å². The highest BCUT2D eigenvalue weighted by Gasteiger charge is 2.44. The summed E-state index contributed by atoms with van der Waals surface area (Å²) >= 11 is 0. The molecule has 160 valence electrons. The maximum Gasteiger partial charge on any atom is 0.316 e. The lowest BCUT2D eigenvalue weighted by molar-refractivity contribution is -0.149. The van der Waals surface area contributed by atoms with Crippen LogP contribution in [0.15, 0.2) is 78.1 Å². The van der Waals surface area contributed by atoms with Gasteiger partial charge in [0.1, 0.15) is 18.3 Å². The van der Waals surface area contributed by atoms with E-state index in [0.29, 0.717) is 30.0 Å². The topological polar surface area (TPSA) is 64.6 Å². The number of hydrogen-bond donors (Lipinski definition) is 1. The SMILES string of the molecule is C=C1NC2=C(C(=O)CCC2)C(c2ccccc2OCC)C1C(=O)OCc1ccccc1. The number of benzene rings is 2. The molecule has 2 atom stereocenters. The van der Waals surface area contributed by atoms with Crippen molar-refractivity contribution in [3.05, 3.63) is 89.3 Å². The molecule has 0 saturated heterocycles. The quantitative estimate of drug-likeness (QED) is 0.693. The average Bonchev–Trinajstić information content (AvgIpc) is 2.78. The molecule has 0 saturated carbocycles. The standard InChI is InChI=1S/C26H27NO4/c1-3-30-22-15-8-7-12-19(22)24-23(26(29)31-16-18-10-5-4-6-11-18)17(2)27-20-13-9-14-21(28)25(20)24/h4-8,10-12,15,23-24,27H,2-3,9,13-14,16H2,1H3. The molecular weight excluding hydrogens is 390 g/mol. The zero-order valence-corrected chi connectivity index (χ0v) is 17.7. The molecule has 2 unspecified atom stereocenters. The summed E-state index contributed by atoms with van der Waals surface area (Å²) in [5.41, 5.74) is 3.81. The molecule has 5 nitrogen and oxygen atoms in total. The van der Waals surface area contributed by atoms with Gasteiger partial charge in [-0.2, -0.15) is 0 Å². The second kappa shape index (κ2) is 9.21. The van der Waals surface area contributed by atoms with Gasteiger partial charge in [-0.25, -0.2) is 0 Å². The van der Waals surface area contributed by atoms with Gasteiger partial charge in [0, 0.05) is 34.9 Å². The van der Waals surface area contributed by atoms with E-state index in [1.165, 1.54) is 0 Å². The number of hydrogen-bond acceptors (Lipinski definition) is 5. The molecular formula is C26H27NO4. The van der Waals surface area contributed by atoms with E-state index in [9.17, 15) is 9.59 Å². The van der Waals surface area contributed by atoms with Crippen molar-refractivity contribution in [2.75, 3.05) is 6.61 Å². The molecule has 2 aromatic rings. The smallest absolute Gasteiger partial charge is 0.316 e. The molecule has 1 aliphatic carbocycles. The van der Waals surface area contributed by atoms with E-state index < -0.39 is 17.8 Å². The first-order valence-corrected chi connectivity index (χ1v) is 10.7. The van der Waals surface area contributed by atoms with Crippen LogP contribution in [-0.2, 0) is 20.9 Å². The molecule has 0 spiro atoms. The Balaban J connectivity index is 1.74. The zero-order valence-electron chi connectivity index (χ0n) is 17.7. The molecule has 0 amide bonds. The van der Waals surface area contributed by atoms with E-state index in [2.05, 4.69) is 11.9 Å². The minimum absolute atomic E-state index is 0.0680. The normalized spacial score (nSPS) is 20.7. The summed E-state index contributed by atoms with van der Waals surface area (Å²) in [6.45, 7) is 6.72. The van der Waals surface area contributed by atoms with Crippen LogP contribution in [0.25, 0.3) is 0 Å². The number of nitrogens with one attached hydrogen (secondary N) is 1. The van der Waals surface area contributed by atoms with Crippen LogP contribution in [0.3, 0.4) is 0 Å². The summed E-state index contributed by atoms with van der Waals surface area (Å²) in [5, 5.41) is 3.25. The van der Waals surface area contributed by atoms with Crippen molar-refractivity contribution in [3.63, 3.8) is 0 Å². The van der Waals surface area contributed by atoms with Gasteiger partial charge in [-0.1, -0.05) is 55.1 Å². The number of carbonyl (C=O) groups excluding carboxylic acids is 2. The first kappa shape index (κ1) is 20.9. The maximum absolute atomic E-state index is 13.3. The fraction of sp³-hybridized carbons (Fsp3) is 0.308. The van der Waals surface area contributed by atoms with Crippen LogP contribution in [0.2, 0.25) is 0 Å². The Bertz CT molecular complexity index is 1020. The van der Waals surface area contributed by atoms with Crippen LogP contribution in [-0.4, -0.2) is 18.4 Å². The number of Topliss-reactive ketones (excluding diaryl/α,β-unsaturated/α-hetero) is 1. The van der Waals surface area contributed by atoms with Crippen molar-refractivity contribution in [3.8, 4) is 5.75 Å². The van der Waals surface area contributed by atoms with Gasteiger partial charge >= 0.3 is 5.97 Å². The van der Waals surface area contributed by atoms with Gasteiger partial charge < -0.3 is 14.8 Å². The van der Waals surface area contributed by atoms with E-state index in [4.69, 9.17) is 9.47 Å². The number of ketones is 1. The predicted octanol–water partition coefficient (Wildman–Crippen LogP) is 4.65. The number of ether oxygens (including phenoxy) is 2. The summed E-state index contributed by atoms with van der Waals surface area (Å²) in [7, 11) is 0. The van der Waals surface area contributed by atoms with Crippen molar-refractivity contribution in [1.82, 2.24) is 5.32 Å². The lowest BCUT2D eigenvalue weighted by Crippen LogP contribution is -2.41. The summed E-state index contributed by atoms with van der Waals surface area (Å²) in [6.07, 6.45) is 2.03. The maximum atomic E-state index is 13.3. The molecule has 0 radical (unpaired) electrons. The van der Waals surface area contributed by atoms with Gasteiger partial charge in [-0.3, -0.25) is 9.59 Å². The first-order valence-electron chi connectivity index (χ1n) is 10.7. The van der Waals surface area contributed by atoms with Gasteiger partial charge in [-0.05, 0) is 31.4 Å². The number of carbonyl (C=O) groups is 2. The Morgan fingerprint density at radius 2 is 1.84 bits per heavy atom. The van der Waals surface area contributed by atoms with Crippen LogP contribution >= 0.6 is 0 Å². The van der Waals surface area contributed by atoms with E-state index >= 15 is 0 Å². The van der Waals surface area contributed by atoms with Crippen molar-refractivity contribution >= 4 is 11.8 Å². The number of esters is 1. The van der Waals surface area contributed by atoms with Crippen LogP contribution in [0.5, 0.6) is 5.75 Å². The third-order valence-corrected chi connectivity index (χ3v) is 5.82. The number of rotatable bonds is 6. The summed E-state index contributed by atoms with van der Waals surface area (Å²) < 4.78 is 11.6. The minimum Gasteiger partial charge on any atom is -0.494 e. The van der Waals surface area contributed by atoms with Gasteiger partial charge in [0.25, 0.3) is 0 Å². The highest BCUT2D eigenvalue weighted by molar-refractivity contribution is 6.00. The third kappa shape index (κ3) is 4.26. The summed E-state index contributed by atoms with van der Waals surface area (Å²) in [4.78, 5) is 26.3. The lowest BCUT2D eigenvalue weighted by Gasteiger charge is -2.38. The second-order valence-electron chi connectivity index (χ2n) is 7.84. The molecule has 4 rings (SSSR count). The molecule has 2 aromatic carbocycles. The van der Waals surface area contributed by atoms with Gasteiger partial charge in [0.15, 0.2) is 5.78 Å². The highest BCUT2D eigenvalue weighted by Crippen LogP contribution is 2.46. The number of para-hydroxylation sites is 1. The molecule has 5 heteroatoms. The first-order chi connectivity index (χ1) is 15.1. The Labute approximate surface area is 182 Å². The lowest BCUT2D eigenvalue weighted by atomic mass is 9.71. The highest BCUT2D eigenvalue weighted by atomic mass is 16.5. The predicted molar refractivity (Wildman–Crippen MR) is 118 cm³/mol. The Hall–Kier alpha value is -3.34. The molecule has 1 heterocycles. The number of allylic oxidation sites excluding steroid dienone is 2. The summed E-state index contributed by atoms with van der Waals surface area (Å²) in [5.74, 6) is -0.856. The fourth-order valence-corrected chi connectivity index (χ4v) is 4.45. The molecule has 2 aliphatic rings. The van der Waals surface area contributed by atoms with E-state index in [1.807, 2.05) is 61.5 Å². The van der Waals surface area contributed by atoms with E-state index in [1.54, 1.807) is 0 Å². The Morgan fingerprint density at radius 1 is 1.10 bits per heavy atom. The van der Waals surface area contributed by atoms with Crippen LogP contribution in [0.4, 0.5) is 0 Å². The zero-order chi connectivity index (χ0) is 21.8. The molecule has 0 aromatic heterocycles. The van der Waals surface area contributed by atoms with Crippen molar-refractivity contribution in [1.29, 1.82) is 0 Å². The average molecular weight is 418 g/mol. The molecule has 0 fully saturated rings. The van der Waals surface area contributed by atoms with Crippen LogP contribution < -0.4 is 10.1 Å². The van der Waals surface area contributed by atoms with E-state index in [-0.39, 0.29) is 12.4 Å². The molecule has 31 heavy (non-hydrogen) atoms. The third-order valence-electron chi connectivity index (χ3n) is 5.82. The molecule has 1 N–H and O–H groups in total. The largest absolute Gasteiger partial charge is 0.494 e. The molecule has 1 aliphatic heterocycles. The van der Waals surface area contributed by atoms with Crippen molar-refractivity contribution in [2.45, 2.75) is 38.7 Å². The van der Waals surface area contributed by atoms with Crippen molar-refractivity contribution < 1.29 is 19.1 Å². The molecule has 0 bridgehead atoms. The fourth-order valence-electron chi connectivity index (χ4n) is 4.45. The van der Waals surface area contributed by atoms with Crippen LogP contribution in [0, 0.1) is 5.92 Å². The van der Waals surface area contributed by atoms with Gasteiger partial charge in [0.2, 0.25) is 0 Å².